The number of piperidine rings is 1. The Hall–Kier alpha value is -2.50. The predicted molar refractivity (Wildman–Crippen MR) is 127 cm³/mol. The van der Waals surface area contributed by atoms with Crippen molar-refractivity contribution in [3.8, 4) is 0 Å². The van der Waals surface area contributed by atoms with E-state index in [-0.39, 0.29) is 6.10 Å². The van der Waals surface area contributed by atoms with Gasteiger partial charge >= 0.3 is 0 Å². The molecule has 0 spiro atoms. The summed E-state index contributed by atoms with van der Waals surface area (Å²) in [6.07, 6.45) is 2.99. The molecule has 2 aliphatic rings. The van der Waals surface area contributed by atoms with Gasteiger partial charge < -0.3 is 10.2 Å². The number of nitrogens with one attached hydrogen (secondary N) is 1. The van der Waals surface area contributed by atoms with Gasteiger partial charge in [-0.05, 0) is 62.4 Å². The second kappa shape index (κ2) is 8.56. The monoisotopic (exact) mass is 431 g/mol. The van der Waals surface area contributed by atoms with Gasteiger partial charge in [-0.3, -0.25) is 0 Å². The lowest BCUT2D eigenvalue weighted by Gasteiger charge is -2.30. The largest absolute Gasteiger partial charge is 0.387 e. The van der Waals surface area contributed by atoms with Gasteiger partial charge in [0, 0.05) is 23.8 Å². The highest BCUT2D eigenvalue weighted by Crippen LogP contribution is 2.38. The first-order chi connectivity index (χ1) is 15.1. The Bertz CT molecular complexity index is 1120. The van der Waals surface area contributed by atoms with Crippen LogP contribution in [0.1, 0.15) is 75.8 Å². The average molecular weight is 432 g/mol. The molecular weight excluding hydrogens is 402 g/mol. The molecule has 0 saturated carbocycles. The van der Waals surface area contributed by atoms with E-state index in [2.05, 4.69) is 79.1 Å². The van der Waals surface area contributed by atoms with Crippen LogP contribution in [0, 0.1) is 20.8 Å². The lowest BCUT2D eigenvalue weighted by Crippen LogP contribution is -2.31. The molecule has 3 unspecified atom stereocenters. The summed E-state index contributed by atoms with van der Waals surface area (Å²) >= 11 is 1.77. The zero-order chi connectivity index (χ0) is 21.4. The van der Waals surface area contributed by atoms with Crippen LogP contribution in [0.25, 0.3) is 0 Å². The molecule has 2 aliphatic heterocycles. The van der Waals surface area contributed by atoms with Crippen molar-refractivity contribution in [2.75, 3.05) is 6.54 Å². The van der Waals surface area contributed by atoms with Crippen molar-refractivity contribution in [1.82, 2.24) is 10.3 Å². The molecule has 31 heavy (non-hydrogen) atoms. The minimum atomic E-state index is -0.00564. The summed E-state index contributed by atoms with van der Waals surface area (Å²) in [5.41, 5.74) is 8.53. The number of hydrogen-bond donors (Lipinski definition) is 1. The van der Waals surface area contributed by atoms with Gasteiger partial charge in [0.15, 0.2) is 6.10 Å². The van der Waals surface area contributed by atoms with E-state index in [0.717, 1.165) is 37.2 Å². The van der Waals surface area contributed by atoms with Crippen molar-refractivity contribution in [3.05, 3.63) is 86.4 Å². The molecule has 3 heterocycles. The molecule has 5 heteroatoms. The highest BCUT2D eigenvalue weighted by molar-refractivity contribution is 7.10. The minimum Gasteiger partial charge on any atom is -0.387 e. The number of hydrogen-bond acceptors (Lipinski definition) is 5. The topological polar surface area (TPSA) is 46.5 Å². The van der Waals surface area contributed by atoms with Gasteiger partial charge in [0.25, 0.3) is 0 Å². The zero-order valence-electron chi connectivity index (χ0n) is 18.4. The molecule has 4 nitrogen and oxygen atoms in total. The Balaban J connectivity index is 1.29. The lowest BCUT2D eigenvalue weighted by molar-refractivity contribution is 0.0853. The Morgan fingerprint density at radius 1 is 1.03 bits per heavy atom. The van der Waals surface area contributed by atoms with Crippen LogP contribution < -0.4 is 5.32 Å². The molecule has 0 radical (unpaired) electrons. The van der Waals surface area contributed by atoms with Crippen molar-refractivity contribution in [2.45, 2.75) is 58.1 Å². The fraction of sp³-hybridized carbons (Fsp3) is 0.385. The van der Waals surface area contributed by atoms with Gasteiger partial charge in [-0.25, -0.2) is 4.98 Å². The van der Waals surface area contributed by atoms with Crippen LogP contribution in [-0.4, -0.2) is 17.2 Å². The van der Waals surface area contributed by atoms with Crippen LogP contribution in [0.3, 0.4) is 0 Å². The second-order valence-electron chi connectivity index (χ2n) is 8.85. The van der Waals surface area contributed by atoms with E-state index in [0.29, 0.717) is 12.0 Å². The number of oxime groups is 1. The third-order valence-corrected chi connectivity index (χ3v) is 7.59. The fourth-order valence-electron chi connectivity index (χ4n) is 4.77. The van der Waals surface area contributed by atoms with Crippen molar-refractivity contribution < 1.29 is 4.84 Å². The average Bonchev–Trinajstić information content (AvgIpc) is 3.46. The lowest BCUT2D eigenvalue weighted by atomic mass is 9.87. The molecule has 160 valence electrons. The molecule has 0 aliphatic carbocycles. The molecule has 1 N–H and O–H groups in total. The SMILES string of the molecule is Cc1ccc(C)c(C2CC(c3nc(C4=NOC(c5ccccc5C)C4)cs3)CCN2)c1. The van der Waals surface area contributed by atoms with Crippen LogP contribution in [0.15, 0.2) is 53.0 Å². The standard InChI is InChI=1S/C26H29N3OS/c1-16-8-9-18(3)21(12-16)22-13-19(10-11-27-22)26-28-24(15-31-26)23-14-25(30-29-23)20-7-5-4-6-17(20)2/h4-9,12,15,19,22,25,27H,10-11,13-14H2,1-3H3. The fourth-order valence-corrected chi connectivity index (χ4v) is 5.74. The molecule has 1 aromatic heterocycles. The van der Waals surface area contributed by atoms with Crippen LogP contribution in [-0.2, 0) is 4.84 Å². The van der Waals surface area contributed by atoms with E-state index in [1.165, 1.54) is 32.8 Å². The summed E-state index contributed by atoms with van der Waals surface area (Å²) in [6, 6.07) is 15.5. The predicted octanol–water partition coefficient (Wildman–Crippen LogP) is 6.14. The summed E-state index contributed by atoms with van der Waals surface area (Å²) in [5, 5.41) is 11.5. The smallest absolute Gasteiger partial charge is 0.158 e. The molecule has 2 aromatic carbocycles. The molecular formula is C26H29N3OS. The molecule has 1 fully saturated rings. The summed E-state index contributed by atoms with van der Waals surface area (Å²) in [5.74, 6) is 0.486. The Kier molecular flexibility index (Phi) is 5.63. The van der Waals surface area contributed by atoms with Crippen LogP contribution in [0.4, 0.5) is 0 Å². The maximum Gasteiger partial charge on any atom is 0.158 e. The number of rotatable bonds is 4. The van der Waals surface area contributed by atoms with Crippen LogP contribution >= 0.6 is 11.3 Å². The van der Waals surface area contributed by atoms with E-state index in [1.54, 1.807) is 11.3 Å². The maximum absolute atomic E-state index is 5.78. The minimum absolute atomic E-state index is 0.00564. The van der Waals surface area contributed by atoms with Gasteiger partial charge in [-0.1, -0.05) is 53.2 Å². The van der Waals surface area contributed by atoms with Crippen LogP contribution in [0.2, 0.25) is 0 Å². The van der Waals surface area contributed by atoms with E-state index < -0.39 is 0 Å². The summed E-state index contributed by atoms with van der Waals surface area (Å²) in [6.45, 7) is 7.54. The van der Waals surface area contributed by atoms with Crippen molar-refractivity contribution in [3.63, 3.8) is 0 Å². The first-order valence-electron chi connectivity index (χ1n) is 11.1. The molecule has 1 saturated heterocycles. The summed E-state index contributed by atoms with van der Waals surface area (Å²) in [4.78, 5) is 10.8. The van der Waals surface area contributed by atoms with Gasteiger partial charge in [0.1, 0.15) is 5.71 Å². The highest BCUT2D eigenvalue weighted by atomic mass is 32.1. The highest BCUT2D eigenvalue weighted by Gasteiger charge is 2.30. The van der Waals surface area contributed by atoms with Crippen LogP contribution in [0.5, 0.6) is 0 Å². The third kappa shape index (κ3) is 4.17. The molecule has 3 aromatic rings. The van der Waals surface area contributed by atoms with E-state index in [4.69, 9.17) is 9.82 Å². The van der Waals surface area contributed by atoms with Gasteiger partial charge in [-0.15, -0.1) is 11.3 Å². The zero-order valence-corrected chi connectivity index (χ0v) is 19.2. The number of nitrogens with zero attached hydrogens (tertiary/aromatic N) is 2. The Morgan fingerprint density at radius 2 is 1.87 bits per heavy atom. The summed E-state index contributed by atoms with van der Waals surface area (Å²) < 4.78 is 0. The normalized spacial score (nSPS) is 23.5. The van der Waals surface area contributed by atoms with Crippen molar-refractivity contribution in [1.29, 1.82) is 0 Å². The van der Waals surface area contributed by atoms with Crippen molar-refractivity contribution in [2.24, 2.45) is 5.16 Å². The number of thiazole rings is 1. The quantitative estimate of drug-likeness (QED) is 0.539. The molecule has 0 amide bonds. The first kappa shape index (κ1) is 20.4. The summed E-state index contributed by atoms with van der Waals surface area (Å²) in [7, 11) is 0. The molecule has 3 atom stereocenters. The molecule has 0 bridgehead atoms. The van der Waals surface area contributed by atoms with Gasteiger partial charge in [0.05, 0.1) is 10.7 Å². The number of aromatic nitrogens is 1. The number of aryl methyl sites for hydroxylation is 3. The van der Waals surface area contributed by atoms with Crippen molar-refractivity contribution >= 4 is 17.0 Å². The van der Waals surface area contributed by atoms with E-state index in [1.807, 2.05) is 0 Å². The van der Waals surface area contributed by atoms with E-state index >= 15 is 0 Å². The second-order valence-corrected chi connectivity index (χ2v) is 9.74. The Morgan fingerprint density at radius 3 is 2.74 bits per heavy atom. The number of benzene rings is 2. The first-order valence-corrected chi connectivity index (χ1v) is 12.0. The third-order valence-electron chi connectivity index (χ3n) is 6.58. The Labute approximate surface area is 188 Å². The van der Waals surface area contributed by atoms with Gasteiger partial charge in [-0.2, -0.15) is 0 Å². The molecule has 5 rings (SSSR count). The van der Waals surface area contributed by atoms with Gasteiger partial charge in [0.2, 0.25) is 0 Å². The van der Waals surface area contributed by atoms with E-state index in [9.17, 15) is 0 Å². The maximum atomic E-state index is 5.78.